The van der Waals surface area contributed by atoms with Gasteiger partial charge in [-0.3, -0.25) is 0 Å². The van der Waals surface area contributed by atoms with Crippen molar-refractivity contribution in [3.05, 3.63) is 0 Å². The van der Waals surface area contributed by atoms with Crippen LogP contribution in [0.4, 0.5) is 0 Å². The van der Waals surface area contributed by atoms with Gasteiger partial charge in [0.05, 0.1) is 6.04 Å². The highest BCUT2D eigenvalue weighted by atomic mass is 16.5. The lowest BCUT2D eigenvalue weighted by molar-refractivity contribution is 0.201. The highest BCUT2D eigenvalue weighted by Gasteiger charge is 2.35. The normalized spacial score (nSPS) is 35.4. The van der Waals surface area contributed by atoms with E-state index in [0.717, 1.165) is 5.90 Å². The molecule has 0 aromatic heterocycles. The molecule has 0 radical (unpaired) electrons. The number of fused-ring (bicyclic) bond motifs is 1. The zero-order chi connectivity index (χ0) is 7.84. The summed E-state index contributed by atoms with van der Waals surface area (Å²) in [5, 5.41) is 0. The van der Waals surface area contributed by atoms with E-state index in [2.05, 4.69) is 18.8 Å². The van der Waals surface area contributed by atoms with Crippen molar-refractivity contribution >= 4 is 5.90 Å². The molecule has 0 aromatic carbocycles. The molecule has 2 unspecified atom stereocenters. The number of rotatable bonds is 1. The molecule has 2 aliphatic rings. The molecule has 0 saturated heterocycles. The van der Waals surface area contributed by atoms with Crippen LogP contribution in [0.3, 0.4) is 0 Å². The molecular formula is C9H15NO. The third-order valence-corrected chi connectivity index (χ3v) is 2.48. The molecule has 0 N–H and O–H groups in total. The second-order valence-electron chi connectivity index (χ2n) is 3.78. The summed E-state index contributed by atoms with van der Waals surface area (Å²) in [5.74, 6) is 1.46. The summed E-state index contributed by atoms with van der Waals surface area (Å²) in [6, 6.07) is 0.507. The molecule has 0 spiro atoms. The van der Waals surface area contributed by atoms with E-state index >= 15 is 0 Å². The van der Waals surface area contributed by atoms with E-state index in [1.807, 2.05) is 0 Å². The summed E-state index contributed by atoms with van der Waals surface area (Å²) in [5.41, 5.74) is 0. The first-order chi connectivity index (χ1) is 5.27. The van der Waals surface area contributed by atoms with Crippen LogP contribution in [0.15, 0.2) is 4.99 Å². The van der Waals surface area contributed by atoms with Crippen molar-refractivity contribution in [1.29, 1.82) is 0 Å². The minimum atomic E-state index is 0.437. The Morgan fingerprint density at radius 3 is 2.91 bits per heavy atom. The summed E-state index contributed by atoms with van der Waals surface area (Å²) in [7, 11) is 0. The molecule has 1 heterocycles. The van der Waals surface area contributed by atoms with Gasteiger partial charge >= 0.3 is 0 Å². The van der Waals surface area contributed by atoms with E-state index in [1.165, 1.54) is 19.3 Å². The van der Waals surface area contributed by atoms with Gasteiger partial charge in [-0.25, -0.2) is 4.99 Å². The van der Waals surface area contributed by atoms with Gasteiger partial charge in [-0.05, 0) is 19.3 Å². The molecule has 1 aliphatic carbocycles. The van der Waals surface area contributed by atoms with Crippen molar-refractivity contribution in [3.8, 4) is 0 Å². The highest BCUT2D eigenvalue weighted by Crippen LogP contribution is 2.30. The maximum atomic E-state index is 5.70. The lowest BCUT2D eigenvalue weighted by atomic mass is 10.2. The molecule has 1 saturated carbocycles. The minimum absolute atomic E-state index is 0.437. The lowest BCUT2D eigenvalue weighted by Crippen LogP contribution is -2.16. The van der Waals surface area contributed by atoms with Crippen LogP contribution in [-0.4, -0.2) is 18.0 Å². The Balaban J connectivity index is 2.07. The summed E-state index contributed by atoms with van der Waals surface area (Å²) >= 11 is 0. The Morgan fingerprint density at radius 1 is 1.45 bits per heavy atom. The number of aliphatic imine (C=N–C) groups is 1. The van der Waals surface area contributed by atoms with Gasteiger partial charge in [0, 0.05) is 5.92 Å². The molecule has 0 bridgehead atoms. The first-order valence-corrected chi connectivity index (χ1v) is 4.51. The fourth-order valence-electron chi connectivity index (χ4n) is 1.83. The Hall–Kier alpha value is -0.530. The summed E-state index contributed by atoms with van der Waals surface area (Å²) in [6.07, 6.45) is 4.18. The Morgan fingerprint density at radius 2 is 2.27 bits per heavy atom. The molecule has 11 heavy (non-hydrogen) atoms. The quantitative estimate of drug-likeness (QED) is 0.564. The molecule has 1 fully saturated rings. The standard InChI is InChI=1S/C9H15NO/c1-6(2)9-10-7-4-3-5-8(7)11-9/h6-8H,3-5H2,1-2H3. The van der Waals surface area contributed by atoms with Crippen LogP contribution >= 0.6 is 0 Å². The molecule has 2 heteroatoms. The van der Waals surface area contributed by atoms with Crippen molar-refractivity contribution in [2.45, 2.75) is 45.3 Å². The highest BCUT2D eigenvalue weighted by molar-refractivity contribution is 5.80. The second kappa shape index (κ2) is 2.50. The largest absolute Gasteiger partial charge is 0.475 e. The minimum Gasteiger partial charge on any atom is -0.475 e. The lowest BCUT2D eigenvalue weighted by Gasteiger charge is -2.09. The van der Waals surface area contributed by atoms with Gasteiger partial charge in [-0.1, -0.05) is 13.8 Å². The van der Waals surface area contributed by atoms with Crippen molar-refractivity contribution in [1.82, 2.24) is 0 Å². The third-order valence-electron chi connectivity index (χ3n) is 2.48. The maximum absolute atomic E-state index is 5.70. The topological polar surface area (TPSA) is 21.6 Å². The fraction of sp³-hybridized carbons (Fsp3) is 0.889. The molecular weight excluding hydrogens is 138 g/mol. The van der Waals surface area contributed by atoms with Crippen molar-refractivity contribution < 1.29 is 4.74 Å². The Labute approximate surface area is 67.7 Å². The van der Waals surface area contributed by atoms with Crippen LogP contribution < -0.4 is 0 Å². The van der Waals surface area contributed by atoms with Crippen LogP contribution in [0, 0.1) is 5.92 Å². The monoisotopic (exact) mass is 153 g/mol. The predicted octanol–water partition coefficient (Wildman–Crippen LogP) is 1.99. The molecule has 0 amide bonds. The predicted molar refractivity (Wildman–Crippen MR) is 44.8 cm³/mol. The average molecular weight is 153 g/mol. The van der Waals surface area contributed by atoms with Crippen molar-refractivity contribution in [2.75, 3.05) is 0 Å². The number of hydrogen-bond acceptors (Lipinski definition) is 2. The van der Waals surface area contributed by atoms with Gasteiger partial charge in [0.1, 0.15) is 6.10 Å². The van der Waals surface area contributed by atoms with Gasteiger partial charge < -0.3 is 4.74 Å². The maximum Gasteiger partial charge on any atom is 0.186 e. The van der Waals surface area contributed by atoms with Crippen LogP contribution in [0.25, 0.3) is 0 Å². The first kappa shape index (κ1) is 7.14. The zero-order valence-corrected chi connectivity index (χ0v) is 7.21. The Kier molecular flexibility index (Phi) is 1.63. The fourth-order valence-corrected chi connectivity index (χ4v) is 1.83. The zero-order valence-electron chi connectivity index (χ0n) is 7.21. The molecule has 2 atom stereocenters. The van der Waals surface area contributed by atoms with E-state index in [-0.39, 0.29) is 0 Å². The van der Waals surface area contributed by atoms with Crippen LogP contribution in [0.1, 0.15) is 33.1 Å². The van der Waals surface area contributed by atoms with Crippen molar-refractivity contribution in [2.24, 2.45) is 10.9 Å². The summed E-state index contributed by atoms with van der Waals surface area (Å²) in [4.78, 5) is 4.54. The SMILES string of the molecule is CC(C)C1=NC2CCCC2O1. The smallest absolute Gasteiger partial charge is 0.186 e. The van der Waals surface area contributed by atoms with E-state index in [4.69, 9.17) is 4.74 Å². The molecule has 2 nitrogen and oxygen atoms in total. The number of hydrogen-bond donors (Lipinski definition) is 0. The van der Waals surface area contributed by atoms with Gasteiger partial charge in [-0.2, -0.15) is 0 Å². The van der Waals surface area contributed by atoms with E-state index in [1.54, 1.807) is 0 Å². The number of nitrogens with zero attached hydrogens (tertiary/aromatic N) is 1. The molecule has 62 valence electrons. The van der Waals surface area contributed by atoms with E-state index in [0.29, 0.717) is 18.1 Å². The van der Waals surface area contributed by atoms with Gasteiger partial charge in [0.15, 0.2) is 5.90 Å². The molecule has 0 aromatic rings. The first-order valence-electron chi connectivity index (χ1n) is 4.51. The van der Waals surface area contributed by atoms with Gasteiger partial charge in [0.25, 0.3) is 0 Å². The van der Waals surface area contributed by atoms with Crippen LogP contribution in [-0.2, 0) is 4.74 Å². The van der Waals surface area contributed by atoms with E-state index in [9.17, 15) is 0 Å². The second-order valence-corrected chi connectivity index (χ2v) is 3.78. The van der Waals surface area contributed by atoms with Crippen LogP contribution in [0.5, 0.6) is 0 Å². The van der Waals surface area contributed by atoms with Gasteiger partial charge in [0.2, 0.25) is 0 Å². The average Bonchev–Trinajstić information content (AvgIpc) is 2.40. The summed E-state index contributed by atoms with van der Waals surface area (Å²) < 4.78 is 5.70. The summed E-state index contributed by atoms with van der Waals surface area (Å²) in [6.45, 7) is 4.28. The van der Waals surface area contributed by atoms with E-state index < -0.39 is 0 Å². The van der Waals surface area contributed by atoms with Gasteiger partial charge in [-0.15, -0.1) is 0 Å². The molecule has 2 rings (SSSR count). The van der Waals surface area contributed by atoms with Crippen molar-refractivity contribution in [3.63, 3.8) is 0 Å². The Bertz CT molecular complexity index is 186. The van der Waals surface area contributed by atoms with Crippen LogP contribution in [0.2, 0.25) is 0 Å². The number of ether oxygens (including phenoxy) is 1. The molecule has 1 aliphatic heterocycles. The third kappa shape index (κ3) is 1.15.